The van der Waals surface area contributed by atoms with E-state index >= 15 is 0 Å². The number of rotatable bonds is 8. The largest absolute Gasteiger partial charge is 0.481 e. The molecule has 1 heterocycles. The SMILES string of the molecule is Cc1noc(-c2ccc(-c3ccc(C4(C(=O)O)CC4)cc3)cc2)c1NC(=O)OCCc1ccccc1C(F)(F)F. The Morgan fingerprint density at radius 1 is 0.975 bits per heavy atom. The van der Waals surface area contributed by atoms with E-state index in [1.165, 1.54) is 18.2 Å². The van der Waals surface area contributed by atoms with Crippen LogP contribution in [0.4, 0.5) is 23.7 Å². The molecule has 0 unspecified atom stereocenters. The number of aromatic nitrogens is 1. The van der Waals surface area contributed by atoms with Crippen LogP contribution in [0.3, 0.4) is 0 Å². The zero-order valence-corrected chi connectivity index (χ0v) is 21.4. The second kappa shape index (κ2) is 10.5. The molecule has 0 atom stereocenters. The maximum Gasteiger partial charge on any atom is 0.416 e. The predicted molar refractivity (Wildman–Crippen MR) is 141 cm³/mol. The number of aryl methyl sites for hydroxylation is 1. The van der Waals surface area contributed by atoms with Crippen LogP contribution in [0.2, 0.25) is 0 Å². The number of carbonyl (C=O) groups excluding carboxylic acids is 1. The minimum atomic E-state index is -4.49. The van der Waals surface area contributed by atoms with Gasteiger partial charge in [-0.1, -0.05) is 71.9 Å². The van der Waals surface area contributed by atoms with E-state index in [9.17, 15) is 27.9 Å². The molecular weight excluding hydrogens is 525 g/mol. The van der Waals surface area contributed by atoms with E-state index in [1.807, 2.05) is 36.4 Å². The Hall–Kier alpha value is -4.60. The highest BCUT2D eigenvalue weighted by Gasteiger charge is 2.51. The number of carbonyl (C=O) groups is 2. The highest BCUT2D eigenvalue weighted by molar-refractivity contribution is 5.91. The van der Waals surface area contributed by atoms with Gasteiger partial charge in [-0.3, -0.25) is 10.1 Å². The molecule has 0 aliphatic heterocycles. The summed E-state index contributed by atoms with van der Waals surface area (Å²) in [6, 6.07) is 20.0. The van der Waals surface area contributed by atoms with Gasteiger partial charge < -0.3 is 14.4 Å². The number of benzene rings is 3. The molecule has 1 fully saturated rings. The molecule has 1 amide bonds. The lowest BCUT2D eigenvalue weighted by molar-refractivity contribution is -0.140. The van der Waals surface area contributed by atoms with Crippen molar-refractivity contribution in [3.8, 4) is 22.5 Å². The Bertz CT molecular complexity index is 1540. The van der Waals surface area contributed by atoms with E-state index in [0.717, 1.165) is 22.8 Å². The molecule has 5 rings (SSSR count). The molecular formula is C30H25F3N2O5. The Morgan fingerprint density at radius 2 is 1.57 bits per heavy atom. The van der Waals surface area contributed by atoms with Gasteiger partial charge in [-0.2, -0.15) is 13.2 Å². The van der Waals surface area contributed by atoms with Crippen molar-refractivity contribution in [3.63, 3.8) is 0 Å². The first-order valence-corrected chi connectivity index (χ1v) is 12.6. The van der Waals surface area contributed by atoms with Crippen LogP contribution in [-0.4, -0.2) is 28.9 Å². The van der Waals surface area contributed by atoms with Crippen molar-refractivity contribution < 1.29 is 37.1 Å². The average Bonchev–Trinajstić information content (AvgIpc) is 3.68. The van der Waals surface area contributed by atoms with Crippen molar-refractivity contribution in [1.82, 2.24) is 5.16 Å². The number of hydrogen-bond acceptors (Lipinski definition) is 5. The summed E-state index contributed by atoms with van der Waals surface area (Å²) in [5.74, 6) is -0.497. The third-order valence-corrected chi connectivity index (χ3v) is 7.09. The van der Waals surface area contributed by atoms with Gasteiger partial charge in [-0.05, 0) is 48.1 Å². The van der Waals surface area contributed by atoms with Crippen molar-refractivity contribution in [2.75, 3.05) is 11.9 Å². The molecule has 10 heteroatoms. The van der Waals surface area contributed by atoms with Gasteiger partial charge in [0.2, 0.25) is 0 Å². The second-order valence-electron chi connectivity index (χ2n) is 9.68. The minimum Gasteiger partial charge on any atom is -0.481 e. The molecule has 4 aromatic rings. The number of alkyl halides is 3. The van der Waals surface area contributed by atoms with Crippen LogP contribution in [0.1, 0.15) is 35.2 Å². The summed E-state index contributed by atoms with van der Waals surface area (Å²) in [4.78, 5) is 24.0. The van der Waals surface area contributed by atoms with Crippen molar-refractivity contribution >= 4 is 17.7 Å². The summed E-state index contributed by atoms with van der Waals surface area (Å²) in [5, 5.41) is 16.0. The lowest BCUT2D eigenvalue weighted by atomic mass is 9.93. The molecule has 0 saturated heterocycles. The Labute approximate surface area is 227 Å². The van der Waals surface area contributed by atoms with Gasteiger partial charge in [-0.15, -0.1) is 0 Å². The number of ether oxygens (including phenoxy) is 1. The van der Waals surface area contributed by atoms with E-state index in [1.54, 1.807) is 19.1 Å². The summed E-state index contributed by atoms with van der Waals surface area (Å²) in [7, 11) is 0. The predicted octanol–water partition coefficient (Wildman–Crippen LogP) is 7.24. The highest BCUT2D eigenvalue weighted by Crippen LogP contribution is 2.48. The Kier molecular flexibility index (Phi) is 7.10. The average molecular weight is 551 g/mol. The maximum absolute atomic E-state index is 13.2. The monoisotopic (exact) mass is 550 g/mol. The molecule has 7 nitrogen and oxygen atoms in total. The van der Waals surface area contributed by atoms with E-state index in [4.69, 9.17) is 9.26 Å². The van der Waals surface area contributed by atoms with E-state index in [0.29, 0.717) is 35.5 Å². The van der Waals surface area contributed by atoms with Crippen molar-refractivity contribution in [3.05, 3.63) is 95.2 Å². The first-order chi connectivity index (χ1) is 19.1. The number of amides is 1. The molecule has 40 heavy (non-hydrogen) atoms. The van der Waals surface area contributed by atoms with Gasteiger partial charge in [0.15, 0.2) is 5.76 Å². The van der Waals surface area contributed by atoms with Gasteiger partial charge in [0.1, 0.15) is 11.4 Å². The lowest BCUT2D eigenvalue weighted by Gasteiger charge is -2.13. The fraction of sp³-hybridized carbons (Fsp3) is 0.233. The summed E-state index contributed by atoms with van der Waals surface area (Å²) in [6.45, 7) is 1.39. The summed E-state index contributed by atoms with van der Waals surface area (Å²) < 4.78 is 50.1. The van der Waals surface area contributed by atoms with Crippen molar-refractivity contribution in [1.29, 1.82) is 0 Å². The third kappa shape index (κ3) is 5.42. The smallest absolute Gasteiger partial charge is 0.416 e. The Balaban J connectivity index is 1.24. The highest BCUT2D eigenvalue weighted by atomic mass is 19.4. The normalized spacial score (nSPS) is 14.0. The quantitative estimate of drug-likeness (QED) is 0.240. The molecule has 0 spiro atoms. The van der Waals surface area contributed by atoms with Crippen LogP contribution < -0.4 is 5.32 Å². The fourth-order valence-corrected chi connectivity index (χ4v) is 4.67. The minimum absolute atomic E-state index is 0.0355. The first-order valence-electron chi connectivity index (χ1n) is 12.6. The van der Waals surface area contributed by atoms with E-state index in [-0.39, 0.29) is 18.6 Å². The fourth-order valence-electron chi connectivity index (χ4n) is 4.67. The molecule has 0 bridgehead atoms. The number of aliphatic carboxylic acids is 1. The zero-order valence-electron chi connectivity index (χ0n) is 21.4. The Morgan fingerprint density at radius 3 is 2.17 bits per heavy atom. The van der Waals surface area contributed by atoms with Crippen LogP contribution in [0.5, 0.6) is 0 Å². The van der Waals surface area contributed by atoms with Crippen LogP contribution >= 0.6 is 0 Å². The van der Waals surface area contributed by atoms with Crippen LogP contribution in [0.15, 0.2) is 77.3 Å². The topological polar surface area (TPSA) is 102 Å². The number of anilines is 1. The van der Waals surface area contributed by atoms with Gasteiger partial charge >= 0.3 is 18.2 Å². The molecule has 206 valence electrons. The number of carboxylic acids is 1. The standard InChI is InChI=1S/C30H25F3N2O5/c1-18-25(34-28(38)39-17-14-21-4-2-3-5-24(21)30(31,32)33)26(40-35-18)22-8-6-19(7-9-22)20-10-12-23(13-11-20)29(15-16-29)27(36)37/h2-13H,14-17H2,1H3,(H,34,38)(H,36,37). The molecule has 2 N–H and O–H groups in total. The second-order valence-corrected chi connectivity index (χ2v) is 9.68. The van der Waals surface area contributed by atoms with Crippen LogP contribution in [0, 0.1) is 6.92 Å². The molecule has 1 aliphatic carbocycles. The molecule has 1 saturated carbocycles. The lowest BCUT2D eigenvalue weighted by Crippen LogP contribution is -2.19. The van der Waals surface area contributed by atoms with Gasteiger partial charge in [0.05, 0.1) is 17.6 Å². The maximum atomic E-state index is 13.2. The number of nitrogens with one attached hydrogen (secondary N) is 1. The molecule has 1 aliphatic rings. The summed E-state index contributed by atoms with van der Waals surface area (Å²) in [6.07, 6.45) is -4.15. The molecule has 1 aromatic heterocycles. The van der Waals surface area contributed by atoms with E-state index in [2.05, 4.69) is 10.5 Å². The van der Waals surface area contributed by atoms with E-state index < -0.39 is 29.2 Å². The number of halogens is 3. The number of hydrogen-bond donors (Lipinski definition) is 2. The number of nitrogens with zero attached hydrogens (tertiary/aromatic N) is 1. The summed E-state index contributed by atoms with van der Waals surface area (Å²) in [5.41, 5.74) is 2.46. The zero-order chi connectivity index (χ0) is 28.5. The first kappa shape index (κ1) is 27.0. The summed E-state index contributed by atoms with van der Waals surface area (Å²) >= 11 is 0. The molecule has 3 aromatic carbocycles. The van der Waals surface area contributed by atoms with Crippen molar-refractivity contribution in [2.45, 2.75) is 37.8 Å². The van der Waals surface area contributed by atoms with Gasteiger partial charge in [-0.25, -0.2) is 4.79 Å². The van der Waals surface area contributed by atoms with Crippen LogP contribution in [0.25, 0.3) is 22.5 Å². The third-order valence-electron chi connectivity index (χ3n) is 7.09. The number of carboxylic acid groups (broad SMARTS) is 1. The van der Waals surface area contributed by atoms with Gasteiger partial charge in [0.25, 0.3) is 0 Å². The van der Waals surface area contributed by atoms with Crippen LogP contribution in [-0.2, 0) is 27.5 Å². The van der Waals surface area contributed by atoms with Crippen molar-refractivity contribution in [2.24, 2.45) is 0 Å². The molecule has 0 radical (unpaired) electrons. The van der Waals surface area contributed by atoms with Gasteiger partial charge in [0, 0.05) is 12.0 Å².